The van der Waals surface area contributed by atoms with Crippen molar-refractivity contribution in [2.45, 2.75) is 52.3 Å². The van der Waals surface area contributed by atoms with E-state index in [-0.39, 0.29) is 40.3 Å². The van der Waals surface area contributed by atoms with E-state index in [0.29, 0.717) is 12.3 Å². The van der Waals surface area contributed by atoms with Gasteiger partial charge in [0.05, 0.1) is 23.9 Å². The molecule has 0 radical (unpaired) electrons. The van der Waals surface area contributed by atoms with E-state index in [2.05, 4.69) is 25.6 Å². The molecule has 0 aromatic carbocycles. The highest BCUT2D eigenvalue weighted by Crippen LogP contribution is 2.28. The highest BCUT2D eigenvalue weighted by Gasteiger charge is 2.22. The fraction of sp³-hybridized carbons (Fsp3) is 0.421. The highest BCUT2D eigenvalue weighted by atomic mass is 35.5. The van der Waals surface area contributed by atoms with Crippen LogP contribution in [0.1, 0.15) is 39.1 Å². The monoisotopic (exact) mass is 423 g/mol. The van der Waals surface area contributed by atoms with Crippen LogP contribution in [0.25, 0.3) is 11.0 Å². The first-order valence-electron chi connectivity index (χ1n) is 9.11. The van der Waals surface area contributed by atoms with Crippen molar-refractivity contribution >= 4 is 34.5 Å². The van der Waals surface area contributed by atoms with Gasteiger partial charge in [-0.3, -0.25) is 0 Å². The first-order valence-corrected chi connectivity index (χ1v) is 9.49. The van der Waals surface area contributed by atoms with Gasteiger partial charge in [-0.15, -0.1) is 0 Å². The second kappa shape index (κ2) is 8.28. The first kappa shape index (κ1) is 20.9. The molecule has 1 atom stereocenters. The topological polar surface area (TPSA) is 105 Å². The third-order valence-corrected chi connectivity index (χ3v) is 4.09. The first-order chi connectivity index (χ1) is 13.6. The molecule has 156 valence electrons. The Morgan fingerprint density at radius 1 is 1.41 bits per heavy atom. The Morgan fingerprint density at radius 3 is 2.83 bits per heavy atom. The van der Waals surface area contributed by atoms with E-state index in [1.54, 1.807) is 46.1 Å². The second-order valence-corrected chi connectivity index (χ2v) is 8.00. The summed E-state index contributed by atoms with van der Waals surface area (Å²) >= 11 is 5.98. The summed E-state index contributed by atoms with van der Waals surface area (Å²) in [6, 6.07) is 3.17. The van der Waals surface area contributed by atoms with Gasteiger partial charge in [0.2, 0.25) is 5.28 Å². The lowest BCUT2D eigenvalue weighted by molar-refractivity contribution is 0.0508. The molecule has 3 aromatic heterocycles. The van der Waals surface area contributed by atoms with Gasteiger partial charge >= 0.3 is 6.09 Å². The van der Waals surface area contributed by atoms with Gasteiger partial charge in [0.15, 0.2) is 5.82 Å². The molecule has 8 nitrogen and oxygen atoms in total. The SMILES string of the molecule is C[C@@H](Cc1[nH]c2nc(Cl)nc(NCc3ccco3)c2c1F)NC(=O)OC(C)(C)C. The number of hydrogen-bond acceptors (Lipinski definition) is 6. The number of hydrogen-bond donors (Lipinski definition) is 3. The number of alkyl carbamates (subject to hydrolysis) is 1. The largest absolute Gasteiger partial charge is 0.467 e. The minimum atomic E-state index is -0.614. The van der Waals surface area contributed by atoms with Crippen LogP contribution in [0.4, 0.5) is 15.0 Å². The molecule has 0 saturated carbocycles. The smallest absolute Gasteiger partial charge is 0.407 e. The predicted octanol–water partition coefficient (Wildman–Crippen LogP) is 4.41. The third kappa shape index (κ3) is 5.38. The van der Waals surface area contributed by atoms with Crippen LogP contribution in [0, 0.1) is 5.82 Å². The second-order valence-electron chi connectivity index (χ2n) is 7.67. The number of amides is 1. The van der Waals surface area contributed by atoms with Crippen molar-refractivity contribution in [1.29, 1.82) is 0 Å². The van der Waals surface area contributed by atoms with Crippen molar-refractivity contribution in [1.82, 2.24) is 20.3 Å². The van der Waals surface area contributed by atoms with Crippen LogP contribution in [0.5, 0.6) is 0 Å². The number of carbonyl (C=O) groups is 1. The lowest BCUT2D eigenvalue weighted by Crippen LogP contribution is -2.38. The number of anilines is 1. The molecule has 0 fully saturated rings. The molecule has 10 heteroatoms. The van der Waals surface area contributed by atoms with Crippen LogP contribution in [0.3, 0.4) is 0 Å². The zero-order chi connectivity index (χ0) is 21.2. The van der Waals surface area contributed by atoms with Gasteiger partial charge < -0.3 is 24.8 Å². The number of aromatic nitrogens is 3. The number of furan rings is 1. The molecule has 0 saturated heterocycles. The predicted molar refractivity (Wildman–Crippen MR) is 107 cm³/mol. The molecule has 29 heavy (non-hydrogen) atoms. The van der Waals surface area contributed by atoms with E-state index < -0.39 is 17.5 Å². The molecule has 0 aliphatic rings. The van der Waals surface area contributed by atoms with E-state index >= 15 is 4.39 Å². The average Bonchev–Trinajstić information content (AvgIpc) is 3.19. The molecule has 3 heterocycles. The molecule has 0 aliphatic carbocycles. The number of halogens is 2. The fourth-order valence-electron chi connectivity index (χ4n) is 2.80. The summed E-state index contributed by atoms with van der Waals surface area (Å²) in [6.45, 7) is 7.38. The Morgan fingerprint density at radius 2 is 2.17 bits per heavy atom. The van der Waals surface area contributed by atoms with Crippen LogP contribution in [0.2, 0.25) is 5.28 Å². The van der Waals surface area contributed by atoms with Gasteiger partial charge in [-0.25, -0.2) is 9.18 Å². The Hall–Kier alpha value is -2.81. The van der Waals surface area contributed by atoms with Gasteiger partial charge in [-0.2, -0.15) is 9.97 Å². The van der Waals surface area contributed by atoms with Gasteiger partial charge in [0.25, 0.3) is 0 Å². The Balaban J connectivity index is 1.78. The van der Waals surface area contributed by atoms with Crippen molar-refractivity contribution < 1.29 is 18.3 Å². The number of rotatable bonds is 6. The molecular formula is C19H23ClFN5O3. The van der Waals surface area contributed by atoms with Crippen molar-refractivity contribution in [3.8, 4) is 0 Å². The highest BCUT2D eigenvalue weighted by molar-refractivity contribution is 6.28. The quantitative estimate of drug-likeness (QED) is 0.507. The standard InChI is InChI=1S/C19H23ClFN5O3/c1-10(23-18(27)29-19(2,3)4)8-12-14(21)13-15(22-9-11-6-5-7-28-11)25-17(20)26-16(13)24-12/h5-7,10H,8-9H2,1-4H3,(H,23,27)(H2,22,24,25,26)/t10-/m0/s1. The van der Waals surface area contributed by atoms with Gasteiger partial charge in [0.1, 0.15) is 22.8 Å². The summed E-state index contributed by atoms with van der Waals surface area (Å²) in [4.78, 5) is 23.0. The van der Waals surface area contributed by atoms with E-state index in [1.807, 2.05) is 0 Å². The van der Waals surface area contributed by atoms with Crippen LogP contribution in [0.15, 0.2) is 22.8 Å². The summed E-state index contributed by atoms with van der Waals surface area (Å²) in [6.07, 6.45) is 1.19. The molecule has 3 rings (SSSR count). The van der Waals surface area contributed by atoms with Gasteiger partial charge in [-0.05, 0) is 51.4 Å². The van der Waals surface area contributed by atoms with Crippen LogP contribution in [-0.2, 0) is 17.7 Å². The van der Waals surface area contributed by atoms with Gasteiger partial charge in [-0.1, -0.05) is 0 Å². The fourth-order valence-corrected chi connectivity index (χ4v) is 2.97. The van der Waals surface area contributed by atoms with Gasteiger partial charge in [0, 0.05) is 12.5 Å². The molecule has 0 bridgehead atoms. The Kier molecular flexibility index (Phi) is 5.97. The maximum atomic E-state index is 15.1. The Bertz CT molecular complexity index is 998. The van der Waals surface area contributed by atoms with E-state index in [1.165, 1.54) is 0 Å². The number of H-pyrrole nitrogens is 1. The minimum Gasteiger partial charge on any atom is -0.467 e. The molecule has 0 spiro atoms. The number of nitrogens with one attached hydrogen (secondary N) is 3. The lowest BCUT2D eigenvalue weighted by Gasteiger charge is -2.21. The molecule has 3 N–H and O–H groups in total. The van der Waals surface area contributed by atoms with E-state index in [4.69, 9.17) is 20.8 Å². The van der Waals surface area contributed by atoms with Crippen molar-refractivity contribution in [3.63, 3.8) is 0 Å². The molecular weight excluding hydrogens is 401 g/mol. The van der Waals surface area contributed by atoms with Crippen molar-refractivity contribution in [3.05, 3.63) is 41.0 Å². The van der Waals surface area contributed by atoms with Crippen molar-refractivity contribution in [2.75, 3.05) is 5.32 Å². The normalized spacial score (nSPS) is 12.8. The zero-order valence-corrected chi connectivity index (χ0v) is 17.4. The number of aromatic amines is 1. The maximum Gasteiger partial charge on any atom is 0.407 e. The number of carbonyl (C=O) groups excluding carboxylic acids is 1. The summed E-state index contributed by atoms with van der Waals surface area (Å²) in [7, 11) is 0. The summed E-state index contributed by atoms with van der Waals surface area (Å²) in [5, 5.41) is 5.88. The summed E-state index contributed by atoms with van der Waals surface area (Å²) in [5.74, 6) is 0.417. The Labute approximate surface area is 172 Å². The summed E-state index contributed by atoms with van der Waals surface area (Å²) in [5.41, 5.74) is -0.0676. The lowest BCUT2D eigenvalue weighted by atomic mass is 10.1. The van der Waals surface area contributed by atoms with Crippen LogP contribution < -0.4 is 10.6 Å². The van der Waals surface area contributed by atoms with E-state index in [9.17, 15) is 4.79 Å². The number of nitrogens with zero attached hydrogens (tertiary/aromatic N) is 2. The number of ether oxygens (including phenoxy) is 1. The number of fused-ring (bicyclic) bond motifs is 1. The molecule has 1 amide bonds. The minimum absolute atomic E-state index is 0.0211. The van der Waals surface area contributed by atoms with Crippen LogP contribution in [-0.4, -0.2) is 32.7 Å². The zero-order valence-electron chi connectivity index (χ0n) is 16.6. The summed E-state index contributed by atoms with van der Waals surface area (Å²) < 4.78 is 25.6. The maximum absolute atomic E-state index is 15.1. The van der Waals surface area contributed by atoms with E-state index in [0.717, 1.165) is 0 Å². The molecule has 3 aromatic rings. The molecule has 0 aliphatic heterocycles. The van der Waals surface area contributed by atoms with Crippen LogP contribution >= 0.6 is 11.6 Å². The molecule has 0 unspecified atom stereocenters. The third-order valence-electron chi connectivity index (χ3n) is 3.92. The average molecular weight is 424 g/mol. The van der Waals surface area contributed by atoms with Crippen molar-refractivity contribution in [2.24, 2.45) is 0 Å².